The summed E-state index contributed by atoms with van der Waals surface area (Å²) in [5.41, 5.74) is -0.413. The summed E-state index contributed by atoms with van der Waals surface area (Å²) < 4.78 is 8.32. The molecule has 2 aromatic heterocycles. The number of hydrogen-bond acceptors (Lipinski definition) is 7. The zero-order chi connectivity index (χ0) is 12.3. The van der Waals surface area contributed by atoms with Crippen molar-refractivity contribution in [3.63, 3.8) is 0 Å². The molecule has 0 unspecified atom stereocenters. The summed E-state index contributed by atoms with van der Waals surface area (Å²) in [5, 5.41) is 12.1. The highest BCUT2D eigenvalue weighted by molar-refractivity contribution is 7.08. The number of aromatic carboxylic acids is 1. The molecule has 86 valence electrons. The Morgan fingerprint density at radius 1 is 1.41 bits per heavy atom. The fourth-order valence-electron chi connectivity index (χ4n) is 1.03. The molecule has 0 atom stereocenters. The van der Waals surface area contributed by atoms with Crippen molar-refractivity contribution in [1.29, 1.82) is 0 Å². The molecule has 0 saturated heterocycles. The normalized spacial score (nSPS) is 9.88. The van der Waals surface area contributed by atoms with Gasteiger partial charge in [0.25, 0.3) is 0 Å². The van der Waals surface area contributed by atoms with Crippen LogP contribution in [0.15, 0.2) is 24.5 Å². The monoisotopic (exact) mass is 251 g/mol. The van der Waals surface area contributed by atoms with Gasteiger partial charge in [-0.25, -0.2) is 9.59 Å². The Hall–Kier alpha value is -2.35. The second-order valence-electron chi connectivity index (χ2n) is 2.83. The predicted molar refractivity (Wildman–Crippen MR) is 56.1 cm³/mol. The van der Waals surface area contributed by atoms with Crippen molar-refractivity contribution in [3.05, 3.63) is 35.1 Å². The Morgan fingerprint density at radius 2 is 2.24 bits per heavy atom. The molecule has 0 radical (unpaired) electrons. The Morgan fingerprint density at radius 3 is 2.88 bits per heavy atom. The van der Waals surface area contributed by atoms with E-state index in [0.29, 0.717) is 11.5 Å². The summed E-state index contributed by atoms with van der Waals surface area (Å²) >= 11 is 0.668. The molecule has 0 aromatic carbocycles. The molecule has 2 aromatic rings. The number of esters is 1. The molecule has 0 aliphatic rings. The molecule has 2 rings (SSSR count). The van der Waals surface area contributed by atoms with Gasteiger partial charge in [-0.2, -0.15) is 0 Å². The number of ether oxygens (including phenoxy) is 1. The summed E-state index contributed by atoms with van der Waals surface area (Å²) in [6.45, 7) is 0. The number of carboxylic acid groups (broad SMARTS) is 1. The number of carbonyl (C=O) groups excluding carboxylic acids is 1. The van der Waals surface area contributed by atoms with Gasteiger partial charge in [-0.3, -0.25) is 4.98 Å². The van der Waals surface area contributed by atoms with Crippen LogP contribution in [0, 0.1) is 0 Å². The number of carbonyl (C=O) groups is 2. The van der Waals surface area contributed by atoms with Crippen LogP contribution >= 0.6 is 11.5 Å². The lowest BCUT2D eigenvalue weighted by Gasteiger charge is -2.00. The molecule has 2 heterocycles. The van der Waals surface area contributed by atoms with Gasteiger partial charge in [0.05, 0.1) is 6.20 Å². The zero-order valence-electron chi connectivity index (χ0n) is 8.23. The summed E-state index contributed by atoms with van der Waals surface area (Å²) in [6.07, 6.45) is 2.86. The van der Waals surface area contributed by atoms with E-state index < -0.39 is 17.6 Å². The van der Waals surface area contributed by atoms with E-state index in [0.717, 1.165) is 0 Å². The summed E-state index contributed by atoms with van der Waals surface area (Å²) in [7, 11) is 0. The predicted octanol–water partition coefficient (Wildman–Crippen LogP) is 0.850. The van der Waals surface area contributed by atoms with Crippen LogP contribution < -0.4 is 4.74 Å². The third-order valence-electron chi connectivity index (χ3n) is 1.72. The maximum absolute atomic E-state index is 11.6. The Balaban J connectivity index is 2.21. The van der Waals surface area contributed by atoms with Crippen molar-refractivity contribution in [2.24, 2.45) is 0 Å². The number of pyridine rings is 1. The van der Waals surface area contributed by atoms with Crippen molar-refractivity contribution in [1.82, 2.24) is 14.6 Å². The second kappa shape index (κ2) is 4.66. The van der Waals surface area contributed by atoms with Gasteiger partial charge in [0.15, 0.2) is 10.6 Å². The fourth-order valence-corrected chi connectivity index (χ4v) is 1.56. The molecule has 0 amide bonds. The highest BCUT2D eigenvalue weighted by Crippen LogP contribution is 2.15. The minimum atomic E-state index is -1.32. The van der Waals surface area contributed by atoms with Crippen LogP contribution in [0.2, 0.25) is 0 Å². The smallest absolute Gasteiger partial charge is 0.358 e. The molecule has 8 heteroatoms. The van der Waals surface area contributed by atoms with E-state index in [-0.39, 0.29) is 10.6 Å². The van der Waals surface area contributed by atoms with Crippen LogP contribution in [-0.2, 0) is 0 Å². The Kier molecular flexibility index (Phi) is 3.06. The fraction of sp³-hybridized carbons (Fsp3) is 0. The van der Waals surface area contributed by atoms with Crippen LogP contribution in [0.25, 0.3) is 0 Å². The first-order valence-electron chi connectivity index (χ1n) is 4.36. The molecule has 0 bridgehead atoms. The molecule has 0 aliphatic heterocycles. The highest BCUT2D eigenvalue weighted by atomic mass is 32.1. The van der Waals surface area contributed by atoms with Gasteiger partial charge in [0, 0.05) is 6.20 Å². The largest absolute Gasteiger partial charge is 0.476 e. The van der Waals surface area contributed by atoms with Crippen molar-refractivity contribution >= 4 is 23.5 Å². The lowest BCUT2D eigenvalue weighted by molar-refractivity contribution is 0.0665. The van der Waals surface area contributed by atoms with E-state index in [1.54, 1.807) is 6.07 Å². The summed E-state index contributed by atoms with van der Waals surface area (Å²) in [5.74, 6) is -1.91. The zero-order valence-corrected chi connectivity index (χ0v) is 9.05. The summed E-state index contributed by atoms with van der Waals surface area (Å²) in [4.78, 5) is 25.9. The van der Waals surface area contributed by atoms with Crippen molar-refractivity contribution in [3.8, 4) is 5.75 Å². The van der Waals surface area contributed by atoms with E-state index in [1.807, 2.05) is 0 Å². The van der Waals surface area contributed by atoms with Gasteiger partial charge in [0.2, 0.25) is 0 Å². The minimum Gasteiger partial charge on any atom is -0.476 e. The number of nitrogens with zero attached hydrogens (tertiary/aromatic N) is 3. The van der Waals surface area contributed by atoms with Crippen molar-refractivity contribution < 1.29 is 19.4 Å². The lowest BCUT2D eigenvalue weighted by atomic mass is 10.3. The first-order chi connectivity index (χ1) is 8.18. The molecule has 0 fully saturated rings. The first kappa shape index (κ1) is 11.1. The van der Waals surface area contributed by atoms with Crippen LogP contribution in [0.5, 0.6) is 5.75 Å². The van der Waals surface area contributed by atoms with Crippen LogP contribution in [0.3, 0.4) is 0 Å². The molecule has 0 spiro atoms. The van der Waals surface area contributed by atoms with Gasteiger partial charge < -0.3 is 9.84 Å². The standard InChI is InChI=1S/C9H5N3O4S/c13-8(14)6-7(17-12-11-6)9(15)16-5-2-1-3-10-4-5/h1-4H,(H,13,14). The topological polar surface area (TPSA) is 102 Å². The molecule has 0 saturated carbocycles. The van der Waals surface area contributed by atoms with Gasteiger partial charge in [-0.05, 0) is 23.7 Å². The minimum absolute atomic E-state index is 0.152. The van der Waals surface area contributed by atoms with Crippen molar-refractivity contribution in [2.75, 3.05) is 0 Å². The van der Waals surface area contributed by atoms with E-state index in [1.165, 1.54) is 18.5 Å². The number of aromatic nitrogens is 3. The third-order valence-corrected chi connectivity index (χ3v) is 2.43. The molecule has 0 aliphatic carbocycles. The van der Waals surface area contributed by atoms with E-state index >= 15 is 0 Å². The number of rotatable bonds is 3. The van der Waals surface area contributed by atoms with Gasteiger partial charge in [0.1, 0.15) is 5.75 Å². The molecule has 17 heavy (non-hydrogen) atoms. The van der Waals surface area contributed by atoms with E-state index in [4.69, 9.17) is 9.84 Å². The SMILES string of the molecule is O=C(O)c1nnsc1C(=O)Oc1cccnc1. The average Bonchev–Trinajstić information content (AvgIpc) is 2.79. The molecule has 1 N–H and O–H groups in total. The second-order valence-corrected chi connectivity index (χ2v) is 3.59. The maximum atomic E-state index is 11.6. The highest BCUT2D eigenvalue weighted by Gasteiger charge is 2.23. The Bertz CT molecular complexity index is 554. The summed E-state index contributed by atoms with van der Waals surface area (Å²) in [6, 6.07) is 3.12. The van der Waals surface area contributed by atoms with Gasteiger partial charge in [-0.15, -0.1) is 5.10 Å². The maximum Gasteiger partial charge on any atom is 0.358 e. The number of carboxylic acids is 1. The molecular weight excluding hydrogens is 246 g/mol. The lowest BCUT2D eigenvalue weighted by Crippen LogP contribution is -2.12. The molecule has 7 nitrogen and oxygen atoms in total. The van der Waals surface area contributed by atoms with Crippen molar-refractivity contribution in [2.45, 2.75) is 0 Å². The van der Waals surface area contributed by atoms with Gasteiger partial charge in [-0.1, -0.05) is 4.49 Å². The van der Waals surface area contributed by atoms with Crippen LogP contribution in [0.1, 0.15) is 20.2 Å². The van der Waals surface area contributed by atoms with Gasteiger partial charge >= 0.3 is 11.9 Å². The quantitative estimate of drug-likeness (QED) is 0.806. The first-order valence-corrected chi connectivity index (χ1v) is 5.13. The van der Waals surface area contributed by atoms with Crippen LogP contribution in [0.4, 0.5) is 0 Å². The van der Waals surface area contributed by atoms with Crippen LogP contribution in [-0.4, -0.2) is 31.6 Å². The Labute approximate surface area is 98.9 Å². The van der Waals surface area contributed by atoms with E-state index in [9.17, 15) is 9.59 Å². The molecular formula is C9H5N3O4S. The third kappa shape index (κ3) is 2.42. The number of hydrogen-bond donors (Lipinski definition) is 1. The van der Waals surface area contributed by atoms with E-state index in [2.05, 4.69) is 14.6 Å². The average molecular weight is 251 g/mol.